The Morgan fingerprint density at radius 1 is 1.19 bits per heavy atom. The normalized spacial score (nSPS) is 11.1. The molecule has 0 aliphatic heterocycles. The largest absolute Gasteiger partial charge is 0.332 e. The van der Waals surface area contributed by atoms with Crippen LogP contribution >= 0.6 is 22.7 Å². The molecule has 3 rings (SSSR count). The molecule has 0 bridgehead atoms. The van der Waals surface area contributed by atoms with Gasteiger partial charge in [-0.3, -0.25) is 4.98 Å². The minimum Gasteiger partial charge on any atom is -0.332 e. The van der Waals surface area contributed by atoms with Gasteiger partial charge in [-0.05, 0) is 55.9 Å². The Labute approximate surface area is 169 Å². The van der Waals surface area contributed by atoms with Gasteiger partial charge in [0.25, 0.3) is 0 Å². The van der Waals surface area contributed by atoms with Gasteiger partial charge in [-0.1, -0.05) is 25.2 Å². The highest BCUT2D eigenvalue weighted by molar-refractivity contribution is 7.13. The number of allylic oxidation sites excluding steroid dienone is 1. The highest BCUT2D eigenvalue weighted by Gasteiger charge is 2.06. The second kappa shape index (κ2) is 10.2. The van der Waals surface area contributed by atoms with Crippen LogP contribution in [0.2, 0.25) is 0 Å². The summed E-state index contributed by atoms with van der Waals surface area (Å²) in [6, 6.07) is 4.39. The van der Waals surface area contributed by atoms with E-state index in [9.17, 15) is 0 Å². The third kappa shape index (κ3) is 5.88. The Morgan fingerprint density at radius 3 is 2.89 bits per heavy atom. The minimum absolute atomic E-state index is 0.890. The highest BCUT2D eigenvalue weighted by atomic mass is 32.1. The predicted molar refractivity (Wildman–Crippen MR) is 119 cm³/mol. The molecule has 3 heterocycles. The fourth-order valence-corrected chi connectivity index (χ4v) is 4.44. The van der Waals surface area contributed by atoms with Crippen molar-refractivity contribution >= 4 is 39.6 Å². The molecule has 27 heavy (non-hydrogen) atoms. The van der Waals surface area contributed by atoms with Crippen LogP contribution in [0.25, 0.3) is 11.8 Å². The van der Waals surface area contributed by atoms with Crippen molar-refractivity contribution in [2.24, 2.45) is 0 Å². The van der Waals surface area contributed by atoms with E-state index in [0.717, 1.165) is 29.2 Å². The quantitative estimate of drug-likeness (QED) is 0.389. The predicted octanol–water partition coefficient (Wildman–Crippen LogP) is 6.67. The number of hydrogen-bond acceptors (Lipinski definition) is 5. The van der Waals surface area contributed by atoms with Crippen LogP contribution in [0.5, 0.6) is 0 Å². The van der Waals surface area contributed by atoms with E-state index in [1.54, 1.807) is 17.5 Å². The van der Waals surface area contributed by atoms with Crippen molar-refractivity contribution in [2.45, 2.75) is 39.0 Å². The van der Waals surface area contributed by atoms with Crippen LogP contribution in [0, 0.1) is 0 Å². The van der Waals surface area contributed by atoms with Gasteiger partial charge in [0, 0.05) is 45.5 Å². The first-order valence-corrected chi connectivity index (χ1v) is 11.0. The van der Waals surface area contributed by atoms with E-state index in [2.05, 4.69) is 51.5 Å². The zero-order valence-electron chi connectivity index (χ0n) is 15.6. The zero-order chi connectivity index (χ0) is 18.9. The number of hydrogen-bond donors (Lipinski definition) is 1. The van der Waals surface area contributed by atoms with Crippen LogP contribution in [0.1, 0.15) is 47.8 Å². The van der Waals surface area contributed by atoms with Crippen LogP contribution in [-0.4, -0.2) is 9.97 Å². The van der Waals surface area contributed by atoms with Gasteiger partial charge in [-0.2, -0.15) is 0 Å². The average molecular weight is 396 g/mol. The molecule has 0 aromatic carbocycles. The van der Waals surface area contributed by atoms with Gasteiger partial charge >= 0.3 is 0 Å². The molecule has 5 heteroatoms. The molecule has 0 unspecified atom stereocenters. The van der Waals surface area contributed by atoms with Crippen molar-refractivity contribution in [3.05, 3.63) is 75.7 Å². The Morgan fingerprint density at radius 2 is 2.07 bits per heavy atom. The van der Waals surface area contributed by atoms with Crippen LogP contribution < -0.4 is 5.32 Å². The topological polar surface area (TPSA) is 37.8 Å². The number of aryl methyl sites for hydroxylation is 2. The van der Waals surface area contributed by atoms with Gasteiger partial charge in [0.15, 0.2) is 5.13 Å². The molecule has 3 aromatic rings. The highest BCUT2D eigenvalue weighted by Crippen LogP contribution is 2.25. The fraction of sp³-hybridized carbons (Fsp3) is 0.273. The van der Waals surface area contributed by atoms with E-state index in [0.29, 0.717) is 0 Å². The molecule has 0 spiro atoms. The summed E-state index contributed by atoms with van der Waals surface area (Å²) in [4.78, 5) is 9.89. The van der Waals surface area contributed by atoms with Gasteiger partial charge in [-0.25, -0.2) is 4.98 Å². The SMILES string of the molecule is C=C(Nc1nccs1)c1csc(CCCCCc2ccncc2/C=C\C)c1. The number of nitrogens with one attached hydrogen (secondary N) is 1. The molecule has 0 fully saturated rings. The van der Waals surface area contributed by atoms with E-state index >= 15 is 0 Å². The molecule has 0 radical (unpaired) electrons. The molecule has 0 atom stereocenters. The van der Waals surface area contributed by atoms with Crippen molar-refractivity contribution in [1.29, 1.82) is 0 Å². The standard InChI is InChI=1S/C22H25N3S2/c1-3-7-19-15-23-11-10-18(19)8-5-4-6-9-21-14-20(16-27-21)17(2)25-22-24-12-13-26-22/h3,7,10-16H,2,4-6,8-9H2,1H3,(H,24,25)/b7-3-. The third-order valence-electron chi connectivity index (χ3n) is 4.35. The van der Waals surface area contributed by atoms with Crippen LogP contribution in [-0.2, 0) is 12.8 Å². The maximum absolute atomic E-state index is 4.24. The number of thiazole rings is 1. The lowest BCUT2D eigenvalue weighted by Crippen LogP contribution is -1.95. The van der Waals surface area contributed by atoms with Crippen LogP contribution in [0.4, 0.5) is 5.13 Å². The molecule has 0 aliphatic carbocycles. The first-order valence-electron chi connectivity index (χ1n) is 9.25. The van der Waals surface area contributed by atoms with E-state index in [-0.39, 0.29) is 0 Å². The van der Waals surface area contributed by atoms with Gasteiger partial charge in [0.1, 0.15) is 0 Å². The maximum Gasteiger partial charge on any atom is 0.187 e. The van der Waals surface area contributed by atoms with Crippen molar-refractivity contribution in [3.8, 4) is 0 Å². The average Bonchev–Trinajstić information content (AvgIpc) is 3.35. The lowest BCUT2D eigenvalue weighted by Gasteiger charge is -2.05. The Kier molecular flexibility index (Phi) is 7.36. The molecule has 140 valence electrons. The van der Waals surface area contributed by atoms with Crippen molar-refractivity contribution in [1.82, 2.24) is 9.97 Å². The second-order valence-electron chi connectivity index (χ2n) is 6.38. The Hall–Kier alpha value is -2.24. The van der Waals surface area contributed by atoms with Gasteiger partial charge in [-0.15, -0.1) is 22.7 Å². The summed E-state index contributed by atoms with van der Waals surface area (Å²) >= 11 is 3.41. The molecule has 0 amide bonds. The van der Waals surface area contributed by atoms with Gasteiger partial charge < -0.3 is 5.32 Å². The number of aromatic nitrogens is 2. The minimum atomic E-state index is 0.890. The smallest absolute Gasteiger partial charge is 0.187 e. The molecule has 0 aliphatic rings. The van der Waals surface area contributed by atoms with Crippen LogP contribution in [0.3, 0.4) is 0 Å². The molecule has 3 nitrogen and oxygen atoms in total. The summed E-state index contributed by atoms with van der Waals surface area (Å²) in [6.45, 7) is 6.18. The Balaban J connectivity index is 1.41. The van der Waals surface area contributed by atoms with E-state index in [4.69, 9.17) is 0 Å². The second-order valence-corrected chi connectivity index (χ2v) is 8.27. The molecule has 3 aromatic heterocycles. The number of thiophene rings is 1. The zero-order valence-corrected chi connectivity index (χ0v) is 17.3. The molecule has 0 saturated heterocycles. The molecule has 1 N–H and O–H groups in total. The summed E-state index contributed by atoms with van der Waals surface area (Å²) in [5.41, 5.74) is 4.72. The first kappa shape index (κ1) is 19.5. The maximum atomic E-state index is 4.24. The summed E-state index contributed by atoms with van der Waals surface area (Å²) in [7, 11) is 0. The number of rotatable bonds is 10. The summed E-state index contributed by atoms with van der Waals surface area (Å²) in [5.74, 6) is 0. The van der Waals surface area contributed by atoms with Gasteiger partial charge in [0.2, 0.25) is 0 Å². The molecule has 0 saturated carbocycles. The van der Waals surface area contributed by atoms with E-state index in [1.807, 2.05) is 36.0 Å². The lowest BCUT2D eigenvalue weighted by molar-refractivity contribution is 0.681. The summed E-state index contributed by atoms with van der Waals surface area (Å²) in [5, 5.41) is 8.30. The van der Waals surface area contributed by atoms with Crippen molar-refractivity contribution < 1.29 is 0 Å². The van der Waals surface area contributed by atoms with Crippen LogP contribution in [0.15, 0.2) is 54.1 Å². The van der Waals surface area contributed by atoms with Gasteiger partial charge in [0.05, 0.1) is 0 Å². The fourth-order valence-electron chi connectivity index (χ4n) is 2.94. The van der Waals surface area contributed by atoms with E-state index in [1.165, 1.54) is 35.3 Å². The van der Waals surface area contributed by atoms with E-state index < -0.39 is 0 Å². The lowest BCUT2D eigenvalue weighted by atomic mass is 10.0. The number of nitrogens with zero attached hydrogens (tertiary/aromatic N) is 2. The number of unbranched alkanes of at least 4 members (excludes halogenated alkanes) is 2. The summed E-state index contributed by atoms with van der Waals surface area (Å²) in [6.07, 6.45) is 15.8. The van der Waals surface area contributed by atoms with Crippen molar-refractivity contribution in [3.63, 3.8) is 0 Å². The van der Waals surface area contributed by atoms with Crippen molar-refractivity contribution in [2.75, 3.05) is 5.32 Å². The first-order chi connectivity index (χ1) is 13.3. The third-order valence-corrected chi connectivity index (χ3v) is 6.04. The summed E-state index contributed by atoms with van der Waals surface area (Å²) < 4.78 is 0. The molecular weight excluding hydrogens is 370 g/mol. The Bertz CT molecular complexity index is 879. The monoisotopic (exact) mass is 395 g/mol. The molecular formula is C22H25N3S2. The number of anilines is 1. The number of pyridine rings is 1.